The summed E-state index contributed by atoms with van der Waals surface area (Å²) in [4.78, 5) is 3.67. The van der Waals surface area contributed by atoms with Crippen LogP contribution in [0, 0.1) is 13.8 Å². The van der Waals surface area contributed by atoms with Crippen LogP contribution in [0.5, 0.6) is 0 Å². The molecule has 0 unspecified atom stereocenters. The van der Waals surface area contributed by atoms with Crippen molar-refractivity contribution in [1.82, 2.24) is 13.5 Å². The van der Waals surface area contributed by atoms with Crippen molar-refractivity contribution in [2.75, 3.05) is 64.8 Å². The number of aryl methyl sites for hydroxylation is 2. The van der Waals surface area contributed by atoms with E-state index in [4.69, 9.17) is 4.74 Å². The Morgan fingerprint density at radius 1 is 0.962 bits per heavy atom. The lowest BCUT2D eigenvalue weighted by Gasteiger charge is -2.37. The molecule has 6 nitrogen and oxygen atoms in total. The van der Waals surface area contributed by atoms with E-state index in [-0.39, 0.29) is 0 Å². The van der Waals surface area contributed by atoms with Crippen molar-refractivity contribution in [2.45, 2.75) is 18.7 Å². The van der Waals surface area contributed by atoms with Gasteiger partial charge in [0, 0.05) is 56.5 Å². The first-order chi connectivity index (χ1) is 12.5. The molecule has 2 aliphatic heterocycles. The van der Waals surface area contributed by atoms with E-state index in [9.17, 15) is 8.42 Å². The van der Waals surface area contributed by atoms with Crippen molar-refractivity contribution < 1.29 is 13.2 Å². The molecule has 1 aromatic carbocycles. The van der Waals surface area contributed by atoms with Crippen LogP contribution in [0.2, 0.25) is 0 Å². The van der Waals surface area contributed by atoms with Gasteiger partial charge in [-0.25, -0.2) is 0 Å². The van der Waals surface area contributed by atoms with Crippen molar-refractivity contribution in [3.63, 3.8) is 0 Å². The van der Waals surface area contributed by atoms with Gasteiger partial charge in [-0.3, -0.25) is 4.90 Å². The number of nitrogens with zero attached hydrogens (tertiary/aromatic N) is 3. The van der Waals surface area contributed by atoms with E-state index in [2.05, 4.69) is 36.9 Å². The van der Waals surface area contributed by atoms with Crippen LogP contribution in [0.25, 0.3) is 0 Å². The summed E-state index contributed by atoms with van der Waals surface area (Å²) in [5.74, 6) is 1.03. The summed E-state index contributed by atoms with van der Waals surface area (Å²) in [5, 5.41) is 0. The number of ether oxygens (including phenoxy) is 1. The molecule has 2 fully saturated rings. The van der Waals surface area contributed by atoms with Crippen LogP contribution in [-0.2, 0) is 14.9 Å². The molecule has 0 saturated carbocycles. The number of benzene rings is 1. The smallest absolute Gasteiger partial charge is 0.282 e. The Kier molecular flexibility index (Phi) is 6.98. The summed E-state index contributed by atoms with van der Waals surface area (Å²) in [6.07, 6.45) is 0. The number of thioether (sulfide) groups is 1. The summed E-state index contributed by atoms with van der Waals surface area (Å²) in [5.41, 5.74) is 2.66. The zero-order valence-corrected chi connectivity index (χ0v) is 17.3. The second kappa shape index (κ2) is 9.03. The van der Waals surface area contributed by atoms with Crippen LogP contribution in [-0.4, -0.2) is 86.7 Å². The Labute approximate surface area is 161 Å². The summed E-state index contributed by atoms with van der Waals surface area (Å²) in [7, 11) is -3.33. The normalized spacial score (nSPS) is 21.2. The van der Waals surface area contributed by atoms with E-state index in [0.717, 1.165) is 25.4 Å². The molecule has 2 heterocycles. The lowest BCUT2D eigenvalue weighted by Crippen LogP contribution is -2.55. The SMILES string of the molecule is Cc1ccc(SCCN2CCN(S(=O)(=O)N3CCOCC3)CC2)cc1C. The highest BCUT2D eigenvalue weighted by Gasteiger charge is 2.33. The first kappa shape index (κ1) is 20.1. The van der Waals surface area contributed by atoms with E-state index >= 15 is 0 Å². The topological polar surface area (TPSA) is 53.1 Å². The van der Waals surface area contributed by atoms with Crippen molar-refractivity contribution in [3.05, 3.63) is 29.3 Å². The fraction of sp³-hybridized carbons (Fsp3) is 0.667. The van der Waals surface area contributed by atoms with Gasteiger partial charge in [0.25, 0.3) is 10.2 Å². The standard InChI is InChI=1S/C18H29N3O3S2/c1-16-3-4-18(15-17(16)2)25-14-11-19-5-7-20(8-6-19)26(22,23)21-9-12-24-13-10-21/h3-4,15H,5-14H2,1-2H3. The highest BCUT2D eigenvalue weighted by molar-refractivity contribution is 7.99. The monoisotopic (exact) mass is 399 g/mol. The maximum atomic E-state index is 12.7. The summed E-state index contributed by atoms with van der Waals surface area (Å²) >= 11 is 1.87. The summed E-state index contributed by atoms with van der Waals surface area (Å²) < 4.78 is 33.8. The minimum absolute atomic E-state index is 0.467. The molecule has 2 aliphatic rings. The van der Waals surface area contributed by atoms with Gasteiger partial charge in [0.15, 0.2) is 0 Å². The zero-order valence-electron chi connectivity index (χ0n) is 15.7. The van der Waals surface area contributed by atoms with Gasteiger partial charge < -0.3 is 4.74 Å². The highest BCUT2D eigenvalue weighted by atomic mass is 32.2. The van der Waals surface area contributed by atoms with Crippen LogP contribution in [0.1, 0.15) is 11.1 Å². The Morgan fingerprint density at radius 3 is 2.27 bits per heavy atom. The van der Waals surface area contributed by atoms with Gasteiger partial charge in [0.2, 0.25) is 0 Å². The van der Waals surface area contributed by atoms with Crippen LogP contribution in [0.3, 0.4) is 0 Å². The molecular weight excluding hydrogens is 370 g/mol. The highest BCUT2D eigenvalue weighted by Crippen LogP contribution is 2.21. The summed E-state index contributed by atoms with van der Waals surface area (Å²) in [6, 6.07) is 6.60. The molecule has 0 amide bonds. The molecule has 0 N–H and O–H groups in total. The van der Waals surface area contributed by atoms with E-state index < -0.39 is 10.2 Å². The fourth-order valence-electron chi connectivity index (χ4n) is 3.22. The molecule has 26 heavy (non-hydrogen) atoms. The maximum Gasteiger partial charge on any atom is 0.282 e. The number of hydrogen-bond acceptors (Lipinski definition) is 5. The molecule has 0 atom stereocenters. The summed E-state index contributed by atoms with van der Waals surface area (Å²) in [6.45, 7) is 9.95. The van der Waals surface area contributed by atoms with Crippen LogP contribution in [0.15, 0.2) is 23.1 Å². The number of rotatable bonds is 6. The minimum atomic E-state index is -3.33. The zero-order chi connectivity index (χ0) is 18.6. The van der Waals surface area contributed by atoms with E-state index in [1.54, 1.807) is 8.61 Å². The molecule has 3 rings (SSSR count). The third-order valence-corrected chi connectivity index (χ3v) is 8.12. The lowest BCUT2D eigenvalue weighted by molar-refractivity contribution is 0.0686. The largest absolute Gasteiger partial charge is 0.379 e. The lowest BCUT2D eigenvalue weighted by atomic mass is 10.1. The Morgan fingerprint density at radius 2 is 1.62 bits per heavy atom. The molecule has 0 spiro atoms. The van der Waals surface area contributed by atoms with E-state index in [1.165, 1.54) is 16.0 Å². The van der Waals surface area contributed by atoms with Crippen LogP contribution >= 0.6 is 11.8 Å². The van der Waals surface area contributed by atoms with Gasteiger partial charge in [-0.05, 0) is 37.1 Å². The molecule has 0 aromatic heterocycles. The number of hydrogen-bond donors (Lipinski definition) is 0. The predicted octanol–water partition coefficient (Wildman–Crippen LogP) is 1.59. The second-order valence-corrected chi connectivity index (χ2v) is 9.95. The van der Waals surface area contributed by atoms with Crippen molar-refractivity contribution >= 4 is 22.0 Å². The van der Waals surface area contributed by atoms with E-state index in [0.29, 0.717) is 39.4 Å². The van der Waals surface area contributed by atoms with Crippen molar-refractivity contribution in [1.29, 1.82) is 0 Å². The van der Waals surface area contributed by atoms with Gasteiger partial charge in [-0.1, -0.05) is 6.07 Å². The van der Waals surface area contributed by atoms with Gasteiger partial charge in [0.05, 0.1) is 13.2 Å². The van der Waals surface area contributed by atoms with Crippen LogP contribution < -0.4 is 0 Å². The Balaban J connectivity index is 1.42. The number of piperazine rings is 1. The third-order valence-electron chi connectivity index (χ3n) is 5.11. The molecule has 146 valence electrons. The van der Waals surface area contributed by atoms with Crippen molar-refractivity contribution in [2.24, 2.45) is 0 Å². The van der Waals surface area contributed by atoms with Crippen molar-refractivity contribution in [3.8, 4) is 0 Å². The molecule has 0 aliphatic carbocycles. The molecule has 0 bridgehead atoms. The molecular formula is C18H29N3O3S2. The Bertz CT molecular complexity index is 698. The quantitative estimate of drug-likeness (QED) is 0.680. The van der Waals surface area contributed by atoms with Crippen LogP contribution in [0.4, 0.5) is 0 Å². The molecule has 8 heteroatoms. The van der Waals surface area contributed by atoms with E-state index in [1.807, 2.05) is 11.8 Å². The molecule has 1 aromatic rings. The van der Waals surface area contributed by atoms with Gasteiger partial charge in [0.1, 0.15) is 0 Å². The average Bonchev–Trinajstić information content (AvgIpc) is 2.66. The third kappa shape index (κ3) is 4.99. The molecule has 0 radical (unpaired) electrons. The maximum absolute atomic E-state index is 12.7. The number of morpholine rings is 1. The van der Waals surface area contributed by atoms with Gasteiger partial charge in [-0.2, -0.15) is 17.0 Å². The fourth-order valence-corrected chi connectivity index (χ4v) is 5.79. The second-order valence-electron chi connectivity index (χ2n) is 6.85. The molecule has 2 saturated heterocycles. The minimum Gasteiger partial charge on any atom is -0.379 e. The van der Waals surface area contributed by atoms with Gasteiger partial charge >= 0.3 is 0 Å². The first-order valence-electron chi connectivity index (χ1n) is 9.22. The Hall–Kier alpha value is -0.640. The predicted molar refractivity (Wildman–Crippen MR) is 106 cm³/mol. The van der Waals surface area contributed by atoms with Gasteiger partial charge in [-0.15, -0.1) is 11.8 Å². The average molecular weight is 400 g/mol. The first-order valence-corrected chi connectivity index (χ1v) is 11.6.